The number of para-hydroxylation sites is 1. The number of nitrogens with one attached hydrogen (secondary N) is 2. The number of halogens is 1. The van der Waals surface area contributed by atoms with Crippen LogP contribution in [0.4, 0.5) is 11.4 Å². The molecule has 0 fully saturated rings. The van der Waals surface area contributed by atoms with Crippen molar-refractivity contribution in [2.24, 2.45) is 0 Å². The van der Waals surface area contributed by atoms with Gasteiger partial charge in [0, 0.05) is 16.8 Å². The van der Waals surface area contributed by atoms with Crippen molar-refractivity contribution in [1.29, 1.82) is 0 Å². The molecule has 0 atom stereocenters. The summed E-state index contributed by atoms with van der Waals surface area (Å²) < 4.78 is 15.8. The molecular weight excluding hydrogens is 408 g/mol. The van der Waals surface area contributed by atoms with Gasteiger partial charge in [0.15, 0.2) is 11.5 Å². The minimum Gasteiger partial charge on any atom is -0.496 e. The van der Waals surface area contributed by atoms with Gasteiger partial charge in [0.1, 0.15) is 5.75 Å². The molecule has 0 aliphatic carbocycles. The van der Waals surface area contributed by atoms with Crippen LogP contribution in [0.15, 0.2) is 60.7 Å². The zero-order valence-corrected chi connectivity index (χ0v) is 16.7. The summed E-state index contributed by atoms with van der Waals surface area (Å²) in [5.74, 6) is 0.721. The summed E-state index contributed by atoms with van der Waals surface area (Å²) in [6.07, 6.45) is 0. The molecule has 1 aliphatic rings. The van der Waals surface area contributed by atoms with E-state index in [1.165, 1.54) is 13.2 Å². The third-order valence-corrected chi connectivity index (χ3v) is 4.69. The van der Waals surface area contributed by atoms with Gasteiger partial charge in [-0.15, -0.1) is 0 Å². The molecule has 3 aromatic rings. The van der Waals surface area contributed by atoms with Gasteiger partial charge in [0.2, 0.25) is 6.79 Å². The minimum atomic E-state index is -0.447. The summed E-state index contributed by atoms with van der Waals surface area (Å²) in [6.45, 7) is 0.147. The molecular formula is C22H17ClN2O5. The maximum absolute atomic E-state index is 12.9. The quantitative estimate of drug-likeness (QED) is 0.626. The first kappa shape index (κ1) is 19.6. The first-order valence-electron chi connectivity index (χ1n) is 9.00. The summed E-state index contributed by atoms with van der Waals surface area (Å²) >= 11 is 6.01. The van der Waals surface area contributed by atoms with Crippen LogP contribution in [-0.2, 0) is 0 Å². The molecule has 7 nitrogen and oxygen atoms in total. The third kappa shape index (κ3) is 4.01. The highest BCUT2D eigenvalue weighted by Crippen LogP contribution is 2.34. The number of methoxy groups -OCH3 is 1. The monoisotopic (exact) mass is 424 g/mol. The van der Waals surface area contributed by atoms with E-state index in [4.69, 9.17) is 25.8 Å². The average molecular weight is 425 g/mol. The van der Waals surface area contributed by atoms with Gasteiger partial charge in [-0.3, -0.25) is 9.59 Å². The largest absolute Gasteiger partial charge is 0.496 e. The molecule has 4 rings (SSSR count). The van der Waals surface area contributed by atoms with Crippen molar-refractivity contribution < 1.29 is 23.8 Å². The second-order valence-corrected chi connectivity index (χ2v) is 6.80. The van der Waals surface area contributed by atoms with E-state index in [1.807, 2.05) is 0 Å². The highest BCUT2D eigenvalue weighted by Gasteiger charge is 2.19. The van der Waals surface area contributed by atoms with Crippen LogP contribution >= 0.6 is 11.6 Å². The molecule has 1 heterocycles. The van der Waals surface area contributed by atoms with E-state index in [0.717, 1.165) is 0 Å². The molecule has 0 bridgehead atoms. The second kappa shape index (κ2) is 8.34. The Morgan fingerprint density at radius 3 is 2.50 bits per heavy atom. The van der Waals surface area contributed by atoms with Gasteiger partial charge in [-0.25, -0.2) is 0 Å². The van der Waals surface area contributed by atoms with E-state index < -0.39 is 5.91 Å². The van der Waals surface area contributed by atoms with Crippen molar-refractivity contribution in [3.8, 4) is 17.2 Å². The van der Waals surface area contributed by atoms with Crippen molar-refractivity contribution in [2.75, 3.05) is 24.5 Å². The summed E-state index contributed by atoms with van der Waals surface area (Å²) in [4.78, 5) is 25.6. The Kier molecular flexibility index (Phi) is 5.45. The zero-order valence-electron chi connectivity index (χ0n) is 15.9. The summed E-state index contributed by atoms with van der Waals surface area (Å²) in [5, 5.41) is 5.95. The fraction of sp³-hybridized carbons (Fsp3) is 0.0909. The summed E-state index contributed by atoms with van der Waals surface area (Å²) in [7, 11) is 1.47. The van der Waals surface area contributed by atoms with Gasteiger partial charge in [0.05, 0.1) is 23.9 Å². The van der Waals surface area contributed by atoms with Gasteiger partial charge in [-0.1, -0.05) is 23.7 Å². The minimum absolute atomic E-state index is 0.147. The maximum Gasteiger partial charge on any atom is 0.259 e. The predicted octanol–water partition coefficient (Wildman–Crippen LogP) is 4.58. The fourth-order valence-corrected chi connectivity index (χ4v) is 3.18. The Morgan fingerprint density at radius 1 is 0.900 bits per heavy atom. The topological polar surface area (TPSA) is 85.9 Å². The lowest BCUT2D eigenvalue weighted by atomic mass is 10.1. The van der Waals surface area contributed by atoms with Crippen molar-refractivity contribution >= 4 is 34.8 Å². The van der Waals surface area contributed by atoms with Gasteiger partial charge in [0.25, 0.3) is 11.8 Å². The normalized spacial score (nSPS) is 11.7. The highest BCUT2D eigenvalue weighted by atomic mass is 35.5. The Balaban J connectivity index is 1.56. The van der Waals surface area contributed by atoms with Gasteiger partial charge in [-0.2, -0.15) is 0 Å². The van der Waals surface area contributed by atoms with E-state index in [0.29, 0.717) is 39.2 Å². The maximum atomic E-state index is 12.9. The molecule has 1 aliphatic heterocycles. The van der Waals surface area contributed by atoms with E-state index in [-0.39, 0.29) is 18.3 Å². The van der Waals surface area contributed by atoms with Crippen LogP contribution < -0.4 is 24.8 Å². The molecule has 0 saturated carbocycles. The molecule has 2 amide bonds. The molecule has 30 heavy (non-hydrogen) atoms. The van der Waals surface area contributed by atoms with Crippen LogP contribution in [-0.4, -0.2) is 25.7 Å². The van der Waals surface area contributed by atoms with Crippen molar-refractivity contribution in [3.63, 3.8) is 0 Å². The molecule has 0 unspecified atom stereocenters. The number of ether oxygens (including phenoxy) is 3. The lowest BCUT2D eigenvalue weighted by Crippen LogP contribution is -2.18. The van der Waals surface area contributed by atoms with Crippen molar-refractivity contribution in [1.82, 2.24) is 0 Å². The zero-order chi connectivity index (χ0) is 21.1. The number of anilines is 2. The summed E-state index contributed by atoms with van der Waals surface area (Å²) in [5.41, 5.74) is 1.45. The summed E-state index contributed by atoms with van der Waals surface area (Å²) in [6, 6.07) is 16.5. The Morgan fingerprint density at radius 2 is 1.67 bits per heavy atom. The smallest absolute Gasteiger partial charge is 0.259 e. The molecule has 2 N–H and O–H groups in total. The third-order valence-electron chi connectivity index (χ3n) is 4.46. The second-order valence-electron chi connectivity index (χ2n) is 6.37. The molecule has 0 radical (unpaired) electrons. The van der Waals surface area contributed by atoms with Crippen molar-refractivity contribution in [2.45, 2.75) is 0 Å². The molecule has 152 valence electrons. The van der Waals surface area contributed by atoms with E-state index in [1.54, 1.807) is 54.6 Å². The Hall–Kier alpha value is -3.71. The van der Waals surface area contributed by atoms with E-state index >= 15 is 0 Å². The number of carbonyl (C=O) groups is 2. The van der Waals surface area contributed by atoms with Crippen LogP contribution in [0.3, 0.4) is 0 Å². The molecule has 0 aromatic heterocycles. The van der Waals surface area contributed by atoms with Crippen LogP contribution in [0.25, 0.3) is 0 Å². The fourth-order valence-electron chi connectivity index (χ4n) is 3.01. The van der Waals surface area contributed by atoms with Gasteiger partial charge >= 0.3 is 0 Å². The lowest BCUT2D eigenvalue weighted by Gasteiger charge is -2.13. The Labute approximate surface area is 177 Å². The molecule has 8 heteroatoms. The number of hydrogen-bond acceptors (Lipinski definition) is 5. The van der Waals surface area contributed by atoms with Crippen LogP contribution in [0.1, 0.15) is 20.7 Å². The lowest BCUT2D eigenvalue weighted by molar-refractivity contribution is 0.102. The van der Waals surface area contributed by atoms with Crippen LogP contribution in [0.2, 0.25) is 5.02 Å². The molecule has 0 spiro atoms. The van der Waals surface area contributed by atoms with Gasteiger partial charge in [-0.05, 0) is 42.5 Å². The van der Waals surface area contributed by atoms with Crippen molar-refractivity contribution in [3.05, 3.63) is 76.8 Å². The van der Waals surface area contributed by atoms with Gasteiger partial charge < -0.3 is 24.8 Å². The van der Waals surface area contributed by atoms with E-state index in [2.05, 4.69) is 10.6 Å². The number of fused-ring (bicyclic) bond motifs is 1. The predicted molar refractivity (Wildman–Crippen MR) is 113 cm³/mol. The first-order valence-corrected chi connectivity index (χ1v) is 9.38. The Bertz CT molecular complexity index is 1130. The highest BCUT2D eigenvalue weighted by molar-refractivity contribution is 6.31. The van der Waals surface area contributed by atoms with Crippen LogP contribution in [0, 0.1) is 0 Å². The number of rotatable bonds is 5. The standard InChI is InChI=1S/C22H17ClN2O5/c1-28-18-8-6-13(23)10-16(18)22(27)25-17-5-3-2-4-15(17)21(26)24-14-7-9-19-20(11-14)30-12-29-19/h2-11H,12H2,1H3,(H,24,26)(H,25,27). The first-order chi connectivity index (χ1) is 14.5. The average Bonchev–Trinajstić information content (AvgIpc) is 3.22. The van der Waals surface area contributed by atoms with E-state index in [9.17, 15) is 9.59 Å². The molecule has 0 saturated heterocycles. The molecule has 3 aromatic carbocycles. The number of benzene rings is 3. The number of amides is 2. The number of carbonyl (C=O) groups excluding carboxylic acids is 2. The van der Waals surface area contributed by atoms with Crippen LogP contribution in [0.5, 0.6) is 17.2 Å². The number of hydrogen-bond donors (Lipinski definition) is 2. The SMILES string of the molecule is COc1ccc(Cl)cc1C(=O)Nc1ccccc1C(=O)Nc1ccc2c(c1)OCO2.